The number of aromatic nitrogens is 4. The summed E-state index contributed by atoms with van der Waals surface area (Å²) in [5.74, 6) is 6.06. The maximum absolute atomic E-state index is 10.2. The van der Waals surface area contributed by atoms with Crippen molar-refractivity contribution >= 4 is 45.3 Å². The molecule has 8 bridgehead atoms. The number of benzene rings is 3. The van der Waals surface area contributed by atoms with Crippen molar-refractivity contribution in [2.24, 2.45) is 0 Å². The van der Waals surface area contributed by atoms with Crippen LogP contribution in [0.4, 0.5) is 0 Å². The van der Waals surface area contributed by atoms with Crippen molar-refractivity contribution < 1.29 is 5.11 Å². The van der Waals surface area contributed by atoms with Gasteiger partial charge in [0.05, 0.1) is 22.4 Å². The number of hydrogen-bond acceptors (Lipinski definition) is 2. The third-order valence-electron chi connectivity index (χ3n) is 10.1. The number of hydrogen-bond donors (Lipinski definition) is 4. The smallest absolute Gasteiger partial charge is 0.120 e. The predicted octanol–water partition coefficient (Wildman–Crippen LogP) is 11.7. The molecule has 7 aromatic rings. The van der Waals surface area contributed by atoms with Crippen LogP contribution in [0, 0.1) is 53.4 Å². The monoisotopic (exact) mass is 692 g/mol. The van der Waals surface area contributed by atoms with Crippen LogP contribution in [0.1, 0.15) is 64.2 Å². The second-order valence-corrected chi connectivity index (χ2v) is 15.1. The van der Waals surface area contributed by atoms with Gasteiger partial charge in [-0.3, -0.25) is 0 Å². The van der Waals surface area contributed by atoms with Crippen LogP contribution in [0.25, 0.3) is 78.6 Å². The van der Waals surface area contributed by atoms with Gasteiger partial charge < -0.3 is 20.1 Å². The molecule has 0 saturated heterocycles. The maximum atomic E-state index is 10.2. The fourth-order valence-corrected chi connectivity index (χ4v) is 8.07. The van der Waals surface area contributed by atoms with Gasteiger partial charge in [-0.25, -0.2) is 4.98 Å². The Hall–Kier alpha value is -6.09. The summed E-state index contributed by atoms with van der Waals surface area (Å²) < 4.78 is 0. The van der Waals surface area contributed by atoms with Crippen molar-refractivity contribution in [3.8, 4) is 45.2 Å². The van der Waals surface area contributed by atoms with Gasteiger partial charge in [-0.05, 0) is 155 Å². The molecule has 8 rings (SSSR count). The Bertz CT molecular complexity index is 2770. The van der Waals surface area contributed by atoms with Gasteiger partial charge >= 0.3 is 0 Å². The Morgan fingerprint density at radius 2 is 0.887 bits per heavy atom. The van der Waals surface area contributed by atoms with E-state index in [1.165, 1.54) is 44.5 Å². The molecule has 3 aromatic carbocycles. The molecule has 0 atom stereocenters. The highest BCUT2D eigenvalue weighted by Crippen LogP contribution is 2.39. The van der Waals surface area contributed by atoms with E-state index in [0.717, 1.165) is 72.3 Å². The van der Waals surface area contributed by atoms with E-state index in [0.29, 0.717) is 0 Å². The van der Waals surface area contributed by atoms with Crippen LogP contribution in [-0.2, 0) is 0 Å². The topological polar surface area (TPSA) is 80.5 Å². The van der Waals surface area contributed by atoms with Crippen molar-refractivity contribution in [3.05, 3.63) is 135 Å². The molecule has 53 heavy (non-hydrogen) atoms. The number of rotatable bonds is 3. The summed E-state index contributed by atoms with van der Waals surface area (Å²) in [5.41, 5.74) is 21.5. The van der Waals surface area contributed by atoms with Gasteiger partial charge in [0.1, 0.15) is 5.60 Å². The molecular formula is C48H44N4O. The highest BCUT2D eigenvalue weighted by Gasteiger charge is 2.19. The summed E-state index contributed by atoms with van der Waals surface area (Å²) in [7, 11) is 0. The Morgan fingerprint density at radius 3 is 1.38 bits per heavy atom. The average Bonchev–Trinajstić information content (AvgIpc) is 3.92. The summed E-state index contributed by atoms with van der Waals surface area (Å²) in [6, 6.07) is 30.3. The molecule has 0 amide bonds. The molecule has 5 heteroatoms. The maximum Gasteiger partial charge on any atom is 0.120 e. The van der Waals surface area contributed by atoms with Crippen molar-refractivity contribution in [1.82, 2.24) is 19.9 Å². The second kappa shape index (κ2) is 12.8. The minimum Gasteiger partial charge on any atom is -0.378 e. The Morgan fingerprint density at radius 1 is 0.491 bits per heavy atom. The number of aryl methyl sites for hydroxylation is 6. The number of H-pyrrole nitrogens is 3. The molecule has 0 spiro atoms. The summed E-state index contributed by atoms with van der Waals surface area (Å²) in [6.07, 6.45) is 4.28. The van der Waals surface area contributed by atoms with E-state index in [1.807, 2.05) is 12.1 Å². The van der Waals surface area contributed by atoms with E-state index in [4.69, 9.17) is 4.98 Å². The molecule has 0 fully saturated rings. The van der Waals surface area contributed by atoms with Gasteiger partial charge in [-0.15, -0.1) is 0 Å². The largest absolute Gasteiger partial charge is 0.378 e. The Balaban J connectivity index is 1.53. The fourth-order valence-electron chi connectivity index (χ4n) is 8.07. The van der Waals surface area contributed by atoms with Crippen molar-refractivity contribution in [1.29, 1.82) is 0 Å². The van der Waals surface area contributed by atoms with Crippen LogP contribution >= 0.6 is 0 Å². The highest BCUT2D eigenvalue weighted by molar-refractivity contribution is 6.01. The first-order chi connectivity index (χ1) is 25.3. The zero-order valence-corrected chi connectivity index (χ0v) is 31.6. The van der Waals surface area contributed by atoms with Gasteiger partial charge in [0, 0.05) is 44.3 Å². The van der Waals surface area contributed by atoms with E-state index in [1.54, 1.807) is 13.8 Å². The molecule has 1 aliphatic heterocycles. The van der Waals surface area contributed by atoms with E-state index in [2.05, 4.69) is 153 Å². The molecule has 4 aromatic heterocycles. The summed E-state index contributed by atoms with van der Waals surface area (Å²) >= 11 is 0. The number of nitrogens with one attached hydrogen (secondary N) is 3. The molecule has 5 nitrogen and oxygen atoms in total. The Labute approximate surface area is 310 Å². The van der Waals surface area contributed by atoms with Crippen molar-refractivity contribution in [2.75, 3.05) is 0 Å². The first-order valence-corrected chi connectivity index (χ1v) is 18.2. The van der Waals surface area contributed by atoms with Crippen molar-refractivity contribution in [2.45, 2.75) is 61.0 Å². The number of aliphatic hydroxyl groups is 1. The SMILES string of the molecule is Cc1cc(C)c(-c2c3nc(c(-c4ccc(C#CC(C)(C)O)cc4)c4ccc([nH]4)c(-c4c(C)cc(C)cc4C)c4ccc([nH]4)c4ccc2[nH]4)C=C3)c(C)c1. The quantitative estimate of drug-likeness (QED) is 0.139. The second-order valence-electron chi connectivity index (χ2n) is 15.1. The minimum absolute atomic E-state index is 0.837. The number of fused-ring (bicyclic) bond motifs is 9. The van der Waals surface area contributed by atoms with Crippen LogP contribution in [0.15, 0.2) is 84.9 Å². The molecule has 0 unspecified atom stereocenters. The average molecular weight is 693 g/mol. The normalized spacial score (nSPS) is 12.0. The molecule has 0 aliphatic carbocycles. The lowest BCUT2D eigenvalue weighted by Gasteiger charge is -2.13. The molecular weight excluding hydrogens is 649 g/mol. The zero-order valence-electron chi connectivity index (χ0n) is 31.6. The standard InChI is InChI=1S/C48H44N4O/c1-27-23-29(3)43(30(4)24-27)46-39-15-13-35(49-39)36-14-16-40(50-36)47(44-31(5)25-28(2)26-32(44)6)42-20-18-38(52-42)45(37-17-19-41(46)51-37)34-11-9-33(10-12-34)21-22-48(7,8)53/h9-20,23-26,49-51,53H,1-8H3. The zero-order chi connectivity index (χ0) is 37.2. The van der Waals surface area contributed by atoms with Crippen molar-refractivity contribution in [3.63, 3.8) is 0 Å². The van der Waals surface area contributed by atoms with E-state index < -0.39 is 5.60 Å². The third-order valence-corrected chi connectivity index (χ3v) is 10.1. The molecule has 0 radical (unpaired) electrons. The van der Waals surface area contributed by atoms with E-state index in [9.17, 15) is 5.11 Å². The predicted molar refractivity (Wildman–Crippen MR) is 223 cm³/mol. The highest BCUT2D eigenvalue weighted by atomic mass is 16.3. The van der Waals surface area contributed by atoms with Gasteiger partial charge in [-0.1, -0.05) is 59.4 Å². The van der Waals surface area contributed by atoms with Crippen LogP contribution in [0.2, 0.25) is 0 Å². The summed E-state index contributed by atoms with van der Waals surface area (Å²) in [5, 5.41) is 10.2. The lowest BCUT2D eigenvalue weighted by Crippen LogP contribution is -2.14. The Kier molecular flexibility index (Phi) is 8.24. The van der Waals surface area contributed by atoms with Gasteiger partial charge in [0.15, 0.2) is 0 Å². The molecule has 262 valence electrons. The lowest BCUT2D eigenvalue weighted by molar-refractivity contribution is 0.143. The van der Waals surface area contributed by atoms with Gasteiger partial charge in [0.25, 0.3) is 0 Å². The van der Waals surface area contributed by atoms with E-state index in [-0.39, 0.29) is 0 Å². The van der Waals surface area contributed by atoms with Gasteiger partial charge in [0.2, 0.25) is 0 Å². The fraction of sp³-hybridized carbons (Fsp3) is 0.188. The number of aromatic amines is 3. The molecule has 1 aliphatic rings. The summed E-state index contributed by atoms with van der Waals surface area (Å²) in [4.78, 5) is 16.9. The third kappa shape index (κ3) is 6.37. The van der Waals surface area contributed by atoms with Crippen LogP contribution < -0.4 is 0 Å². The molecule has 5 heterocycles. The van der Waals surface area contributed by atoms with E-state index >= 15 is 0 Å². The van der Waals surface area contributed by atoms with Crippen LogP contribution in [0.3, 0.4) is 0 Å². The molecule has 4 N–H and O–H groups in total. The molecule has 0 saturated carbocycles. The minimum atomic E-state index is -1.07. The van der Waals surface area contributed by atoms with Gasteiger partial charge in [-0.2, -0.15) is 0 Å². The lowest BCUT2D eigenvalue weighted by atomic mass is 9.92. The summed E-state index contributed by atoms with van der Waals surface area (Å²) in [6.45, 7) is 16.5. The van der Waals surface area contributed by atoms with Crippen LogP contribution in [-0.4, -0.2) is 30.6 Å². The number of nitrogens with zero attached hydrogens (tertiary/aromatic N) is 1. The van der Waals surface area contributed by atoms with Crippen LogP contribution in [0.5, 0.6) is 0 Å². The first kappa shape index (κ1) is 34.0. The first-order valence-electron chi connectivity index (χ1n) is 18.2.